The van der Waals surface area contributed by atoms with Crippen LogP contribution < -0.4 is 5.32 Å². The monoisotopic (exact) mass is 661 g/mol. The SMILES string of the molecule is CC(=O)N[C@@H]1[C@@H](O[C@@H]2O[C@H](CO)[C@H](O[C@@H]3O[C@H](CO)[C@@H](O)[C@H]3O[C@@H]3O[C@@H](C)[C@H](O)[C@@H](O)[C@H]3O)[C@H](O)[C@H]2O)[C@H](O)[C@@H](CO)O[C@H]1O. The van der Waals surface area contributed by atoms with Crippen molar-refractivity contribution >= 4 is 5.91 Å². The van der Waals surface area contributed by atoms with Gasteiger partial charge in [0.15, 0.2) is 25.2 Å². The summed E-state index contributed by atoms with van der Waals surface area (Å²) in [5.74, 6) is -0.652. The summed E-state index contributed by atoms with van der Waals surface area (Å²) >= 11 is 0. The molecule has 0 aliphatic carbocycles. The predicted octanol–water partition coefficient (Wildman–Crippen LogP) is -7.94. The Balaban J connectivity index is 1.50. The van der Waals surface area contributed by atoms with Crippen LogP contribution in [0.25, 0.3) is 0 Å². The highest BCUT2D eigenvalue weighted by Gasteiger charge is 2.55. The van der Waals surface area contributed by atoms with Crippen molar-refractivity contribution in [3.63, 3.8) is 0 Å². The molecular weight excluding hydrogens is 618 g/mol. The molecule has 262 valence electrons. The van der Waals surface area contributed by atoms with Gasteiger partial charge in [0.25, 0.3) is 0 Å². The molecule has 12 N–H and O–H groups in total. The van der Waals surface area contributed by atoms with Gasteiger partial charge in [0.05, 0.1) is 25.9 Å². The Morgan fingerprint density at radius 3 is 1.67 bits per heavy atom. The Morgan fingerprint density at radius 1 is 0.578 bits per heavy atom. The molecule has 20 heteroatoms. The highest BCUT2D eigenvalue weighted by Crippen LogP contribution is 2.34. The number of hydrogen-bond acceptors (Lipinski definition) is 19. The normalized spacial score (nSPS) is 50.8. The first-order chi connectivity index (χ1) is 21.2. The van der Waals surface area contributed by atoms with E-state index in [0.717, 1.165) is 6.92 Å². The van der Waals surface area contributed by atoms with E-state index < -0.39 is 142 Å². The third-order valence-electron chi connectivity index (χ3n) is 8.22. The second-order valence-electron chi connectivity index (χ2n) is 11.4. The molecule has 19 atom stereocenters. The van der Waals surface area contributed by atoms with Crippen LogP contribution in [0.15, 0.2) is 0 Å². The van der Waals surface area contributed by atoms with Crippen molar-refractivity contribution in [2.75, 3.05) is 19.8 Å². The number of aliphatic hydroxyl groups excluding tert-OH is 11. The van der Waals surface area contributed by atoms with Crippen molar-refractivity contribution in [1.82, 2.24) is 5.32 Å². The molecule has 4 saturated heterocycles. The number of rotatable bonds is 10. The molecule has 0 saturated carbocycles. The lowest BCUT2D eigenvalue weighted by molar-refractivity contribution is -0.362. The number of nitrogens with one attached hydrogen (secondary N) is 1. The molecule has 4 fully saturated rings. The van der Waals surface area contributed by atoms with Crippen LogP contribution in [0, 0.1) is 0 Å². The molecular formula is C25H43NO19. The Hall–Kier alpha value is -1.25. The fourth-order valence-corrected chi connectivity index (χ4v) is 5.67. The zero-order valence-corrected chi connectivity index (χ0v) is 24.3. The molecule has 1 amide bonds. The van der Waals surface area contributed by atoms with E-state index in [2.05, 4.69) is 5.32 Å². The van der Waals surface area contributed by atoms with Crippen molar-refractivity contribution in [3.8, 4) is 0 Å². The molecule has 45 heavy (non-hydrogen) atoms. The van der Waals surface area contributed by atoms with Crippen molar-refractivity contribution < 1.29 is 94.1 Å². The summed E-state index contributed by atoms with van der Waals surface area (Å²) in [5.41, 5.74) is 0. The van der Waals surface area contributed by atoms with Crippen LogP contribution in [0.4, 0.5) is 0 Å². The van der Waals surface area contributed by atoms with Gasteiger partial charge in [0.2, 0.25) is 5.91 Å². The van der Waals surface area contributed by atoms with Crippen LogP contribution >= 0.6 is 0 Å². The molecule has 0 radical (unpaired) electrons. The van der Waals surface area contributed by atoms with Crippen LogP contribution in [-0.2, 0) is 38.0 Å². The van der Waals surface area contributed by atoms with Gasteiger partial charge < -0.3 is 94.6 Å². The highest BCUT2D eigenvalue weighted by atomic mass is 16.8. The van der Waals surface area contributed by atoms with Gasteiger partial charge in [0.1, 0.15) is 85.4 Å². The third kappa shape index (κ3) is 7.58. The first kappa shape index (κ1) is 36.6. The summed E-state index contributed by atoms with van der Waals surface area (Å²) in [5, 5.41) is 116. The Bertz CT molecular complexity index is 963. The lowest BCUT2D eigenvalue weighted by atomic mass is 9.95. The number of aliphatic hydroxyl groups is 11. The van der Waals surface area contributed by atoms with Crippen LogP contribution in [0.5, 0.6) is 0 Å². The van der Waals surface area contributed by atoms with E-state index >= 15 is 0 Å². The fraction of sp³-hybridized carbons (Fsp3) is 0.960. The van der Waals surface area contributed by atoms with Crippen LogP contribution in [0.2, 0.25) is 0 Å². The van der Waals surface area contributed by atoms with Crippen LogP contribution in [-0.4, -0.2) is 199 Å². The number of hydrogen-bond donors (Lipinski definition) is 12. The summed E-state index contributed by atoms with van der Waals surface area (Å²) in [4.78, 5) is 11.7. The molecule has 0 aromatic heterocycles. The number of amides is 1. The van der Waals surface area contributed by atoms with Gasteiger partial charge in [0, 0.05) is 6.92 Å². The maximum Gasteiger partial charge on any atom is 0.217 e. The summed E-state index contributed by atoms with van der Waals surface area (Å²) in [6.07, 6.45) is -28.9. The van der Waals surface area contributed by atoms with Crippen molar-refractivity contribution in [2.24, 2.45) is 0 Å². The first-order valence-corrected chi connectivity index (χ1v) is 14.4. The average molecular weight is 662 g/mol. The zero-order valence-electron chi connectivity index (χ0n) is 24.3. The Morgan fingerprint density at radius 2 is 1.07 bits per heavy atom. The maximum atomic E-state index is 11.7. The van der Waals surface area contributed by atoms with E-state index in [1.807, 2.05) is 0 Å². The van der Waals surface area contributed by atoms with Crippen molar-refractivity contribution in [3.05, 3.63) is 0 Å². The van der Waals surface area contributed by atoms with Gasteiger partial charge in [-0.15, -0.1) is 0 Å². The molecule has 20 nitrogen and oxygen atoms in total. The van der Waals surface area contributed by atoms with E-state index in [-0.39, 0.29) is 0 Å². The fourth-order valence-electron chi connectivity index (χ4n) is 5.67. The zero-order chi connectivity index (χ0) is 33.3. The predicted molar refractivity (Wildman–Crippen MR) is 138 cm³/mol. The number of carbonyl (C=O) groups excluding carboxylic acids is 1. The third-order valence-corrected chi connectivity index (χ3v) is 8.22. The van der Waals surface area contributed by atoms with Gasteiger partial charge in [-0.25, -0.2) is 0 Å². The lowest BCUT2D eigenvalue weighted by Gasteiger charge is -2.47. The molecule has 0 aromatic rings. The smallest absolute Gasteiger partial charge is 0.217 e. The average Bonchev–Trinajstić information content (AvgIpc) is 3.30. The van der Waals surface area contributed by atoms with Gasteiger partial charge >= 0.3 is 0 Å². The molecule has 0 unspecified atom stereocenters. The molecule has 0 aromatic carbocycles. The molecule has 4 rings (SSSR count). The van der Waals surface area contributed by atoms with Crippen LogP contribution in [0.1, 0.15) is 13.8 Å². The number of ether oxygens (including phenoxy) is 7. The van der Waals surface area contributed by atoms with Gasteiger partial charge in [-0.2, -0.15) is 0 Å². The van der Waals surface area contributed by atoms with Crippen molar-refractivity contribution in [1.29, 1.82) is 0 Å². The molecule has 0 spiro atoms. The van der Waals surface area contributed by atoms with Crippen molar-refractivity contribution in [2.45, 2.75) is 131 Å². The van der Waals surface area contributed by atoms with E-state index in [1.165, 1.54) is 6.92 Å². The molecule has 0 bridgehead atoms. The lowest BCUT2D eigenvalue weighted by Crippen LogP contribution is -2.68. The van der Waals surface area contributed by atoms with Gasteiger partial charge in [-0.05, 0) is 6.92 Å². The number of carbonyl (C=O) groups is 1. The van der Waals surface area contributed by atoms with E-state index in [1.54, 1.807) is 0 Å². The summed E-state index contributed by atoms with van der Waals surface area (Å²) in [6, 6.07) is -1.42. The minimum atomic E-state index is -1.98. The summed E-state index contributed by atoms with van der Waals surface area (Å²) < 4.78 is 38.7. The van der Waals surface area contributed by atoms with E-state index in [9.17, 15) is 61.0 Å². The summed E-state index contributed by atoms with van der Waals surface area (Å²) in [6.45, 7) is 0.149. The first-order valence-electron chi connectivity index (χ1n) is 14.4. The van der Waals surface area contributed by atoms with E-state index in [0.29, 0.717) is 0 Å². The topological polar surface area (TPSA) is 316 Å². The minimum Gasteiger partial charge on any atom is -0.394 e. The Labute approximate surface area is 256 Å². The maximum absolute atomic E-state index is 11.7. The molecule has 4 heterocycles. The summed E-state index contributed by atoms with van der Waals surface area (Å²) in [7, 11) is 0. The quantitative estimate of drug-likeness (QED) is 0.103. The second-order valence-corrected chi connectivity index (χ2v) is 11.4. The molecule has 4 aliphatic rings. The van der Waals surface area contributed by atoms with Gasteiger partial charge in [-0.1, -0.05) is 0 Å². The van der Waals surface area contributed by atoms with Crippen LogP contribution in [0.3, 0.4) is 0 Å². The Kier molecular flexibility index (Phi) is 12.5. The second kappa shape index (κ2) is 15.3. The largest absolute Gasteiger partial charge is 0.394 e. The van der Waals surface area contributed by atoms with Gasteiger partial charge in [-0.3, -0.25) is 4.79 Å². The minimum absolute atomic E-state index is 0.652. The standard InChI is InChI=1S/C25H43NO19/c1-6-12(31)15(34)17(36)23(39-6)45-21-14(33)9(4-28)41-25(21)43-19-10(5-29)42-24(18(37)16(19)35)44-20-11(26-7(2)30)22(38)40-8(3-27)13(20)32/h6,8-25,27-29,31-38H,3-5H2,1-2H3,(H,26,30)/t6-,8+,9+,10+,11+,12-,13+,14+,15+,16+,17+,18+,19-,20+,21+,22+,23-,24-,25-/m0/s1. The highest BCUT2D eigenvalue weighted by molar-refractivity contribution is 5.73. The molecule has 4 aliphatic heterocycles. The van der Waals surface area contributed by atoms with E-state index in [4.69, 9.17) is 33.2 Å².